The van der Waals surface area contributed by atoms with Crippen LogP contribution in [0.15, 0.2) is 36.4 Å². The van der Waals surface area contributed by atoms with Gasteiger partial charge in [0.2, 0.25) is 0 Å². The van der Waals surface area contributed by atoms with E-state index in [2.05, 4.69) is 0 Å². The van der Waals surface area contributed by atoms with Crippen LogP contribution in [0.5, 0.6) is 11.5 Å². The number of carbonyl (C=O) groups is 3. The molecule has 2 atom stereocenters. The highest BCUT2D eigenvalue weighted by Gasteiger charge is 2.58. The lowest BCUT2D eigenvalue weighted by Crippen LogP contribution is -2.67. The number of rotatable bonds is 5. The molecule has 7 nitrogen and oxygen atoms in total. The number of benzene rings is 3. The maximum Gasteiger partial charge on any atom is 0.264 e. The lowest BCUT2D eigenvalue weighted by molar-refractivity contribution is -0.130. The van der Waals surface area contributed by atoms with Crippen LogP contribution in [-0.4, -0.2) is 42.9 Å². The second-order valence-electron chi connectivity index (χ2n) is 8.33. The van der Waals surface area contributed by atoms with E-state index in [1.807, 2.05) is 0 Å². The van der Waals surface area contributed by atoms with Crippen LogP contribution in [0, 0.1) is 0 Å². The number of ether oxygens (including phenoxy) is 2. The van der Waals surface area contributed by atoms with Gasteiger partial charge >= 0.3 is 0 Å². The average Bonchev–Trinajstić information content (AvgIpc) is 3.13. The Labute approximate surface area is 246 Å². The predicted molar refractivity (Wildman–Crippen MR) is 147 cm³/mol. The van der Waals surface area contributed by atoms with Crippen molar-refractivity contribution in [1.82, 2.24) is 4.90 Å². The predicted octanol–water partition coefficient (Wildman–Crippen LogP) is 7.38. The van der Waals surface area contributed by atoms with Crippen LogP contribution >= 0.6 is 69.6 Å². The van der Waals surface area contributed by atoms with Crippen LogP contribution in [0.1, 0.15) is 32.3 Å². The van der Waals surface area contributed by atoms with Gasteiger partial charge in [0, 0.05) is 15.7 Å². The molecule has 2 aliphatic heterocycles. The molecular weight excluding hydrogens is 621 g/mol. The molecule has 2 unspecified atom stereocenters. The van der Waals surface area contributed by atoms with Crippen LogP contribution in [0.25, 0.3) is 0 Å². The molecule has 0 aromatic heterocycles. The lowest BCUT2D eigenvalue weighted by Gasteiger charge is -2.49. The van der Waals surface area contributed by atoms with Crippen molar-refractivity contribution in [2.45, 2.75) is 12.1 Å². The van der Waals surface area contributed by atoms with Gasteiger partial charge in [-0.3, -0.25) is 19.3 Å². The summed E-state index contributed by atoms with van der Waals surface area (Å²) in [5.74, 6) is -1.41. The summed E-state index contributed by atoms with van der Waals surface area (Å²) in [5.41, 5.74) is 0.453. The minimum atomic E-state index is -1.28. The molecule has 1 saturated heterocycles. The number of anilines is 1. The summed E-state index contributed by atoms with van der Waals surface area (Å²) in [4.78, 5) is 43.1. The fourth-order valence-corrected chi connectivity index (χ4v) is 6.21. The Bertz CT molecular complexity index is 1490. The third-order valence-electron chi connectivity index (χ3n) is 6.35. The first-order chi connectivity index (χ1) is 18.0. The van der Waals surface area contributed by atoms with Crippen molar-refractivity contribution in [2.75, 3.05) is 19.1 Å². The lowest BCUT2D eigenvalue weighted by atomic mass is 9.86. The van der Waals surface area contributed by atoms with Gasteiger partial charge in [-0.05, 0) is 35.9 Å². The van der Waals surface area contributed by atoms with Crippen LogP contribution in [0.3, 0.4) is 0 Å². The number of nitrogens with zero attached hydrogens (tertiary/aromatic N) is 2. The number of imide groups is 1. The van der Waals surface area contributed by atoms with Crippen molar-refractivity contribution in [3.63, 3.8) is 0 Å². The Morgan fingerprint density at radius 1 is 0.632 bits per heavy atom. The van der Waals surface area contributed by atoms with Crippen LogP contribution < -0.4 is 14.4 Å². The van der Waals surface area contributed by atoms with Crippen molar-refractivity contribution < 1.29 is 23.9 Å². The first-order valence-corrected chi connectivity index (χ1v) is 13.0. The fraction of sp³-hybridized carbons (Fsp3) is 0.160. The topological polar surface area (TPSA) is 76.2 Å². The Kier molecular flexibility index (Phi) is 7.14. The highest BCUT2D eigenvalue weighted by Crippen LogP contribution is 2.50. The van der Waals surface area contributed by atoms with Crippen LogP contribution in [0.2, 0.25) is 30.1 Å². The first-order valence-electron chi connectivity index (χ1n) is 10.8. The van der Waals surface area contributed by atoms with E-state index in [0.717, 1.165) is 4.90 Å². The van der Waals surface area contributed by atoms with Crippen LogP contribution in [0.4, 0.5) is 5.69 Å². The summed E-state index contributed by atoms with van der Waals surface area (Å²) in [7, 11) is 2.94. The molecule has 3 aromatic carbocycles. The summed E-state index contributed by atoms with van der Waals surface area (Å²) in [6, 6.07) is 7.46. The van der Waals surface area contributed by atoms with Crippen molar-refractivity contribution in [1.29, 1.82) is 0 Å². The van der Waals surface area contributed by atoms with Crippen molar-refractivity contribution in [2.24, 2.45) is 0 Å². The summed E-state index contributed by atoms with van der Waals surface area (Å²) >= 11 is 37.3. The van der Waals surface area contributed by atoms with E-state index in [-0.39, 0.29) is 31.2 Å². The maximum absolute atomic E-state index is 13.7. The zero-order chi connectivity index (χ0) is 27.6. The minimum absolute atomic E-state index is 0.174. The van der Waals surface area contributed by atoms with E-state index in [1.54, 1.807) is 30.3 Å². The molecule has 3 aromatic rings. The molecule has 13 heteroatoms. The number of amides is 3. The highest BCUT2D eigenvalue weighted by molar-refractivity contribution is 6.55. The fourth-order valence-electron chi connectivity index (χ4n) is 4.68. The Morgan fingerprint density at radius 3 is 1.66 bits per heavy atom. The van der Waals surface area contributed by atoms with Gasteiger partial charge in [0.1, 0.15) is 6.04 Å². The number of hydrogen-bond donors (Lipinski definition) is 0. The molecule has 0 radical (unpaired) electrons. The summed E-state index contributed by atoms with van der Waals surface area (Å²) < 4.78 is 10.8. The number of β-lactam (4-membered cyclic amide) rings is 1. The van der Waals surface area contributed by atoms with Crippen molar-refractivity contribution in [3.8, 4) is 11.5 Å². The Hall–Kier alpha value is -2.39. The van der Waals surface area contributed by atoms with E-state index in [0.29, 0.717) is 32.8 Å². The molecule has 2 heterocycles. The monoisotopic (exact) mass is 632 g/mol. The summed E-state index contributed by atoms with van der Waals surface area (Å²) in [6.07, 6.45) is 0. The third kappa shape index (κ3) is 3.99. The molecule has 5 rings (SSSR count). The molecule has 0 spiro atoms. The smallest absolute Gasteiger partial charge is 0.264 e. The van der Waals surface area contributed by atoms with Gasteiger partial charge in [0.15, 0.2) is 11.5 Å². The normalized spacial score (nSPS) is 18.6. The third-order valence-corrected chi connectivity index (χ3v) is 8.59. The molecule has 38 heavy (non-hydrogen) atoms. The summed E-state index contributed by atoms with van der Waals surface area (Å²) in [6.45, 7) is 0. The number of carbonyl (C=O) groups excluding carboxylic acids is 3. The van der Waals surface area contributed by atoms with E-state index in [9.17, 15) is 14.4 Å². The second-order valence-corrected chi connectivity index (χ2v) is 10.7. The Morgan fingerprint density at radius 2 is 1.16 bits per heavy atom. The van der Waals surface area contributed by atoms with Gasteiger partial charge < -0.3 is 14.4 Å². The molecule has 196 valence electrons. The first kappa shape index (κ1) is 27.2. The largest absolute Gasteiger partial charge is 0.493 e. The standard InChI is InChI=1S/C25H14Cl6N2O5/c1-37-13-4-3-9(5-14(13)38-2)21-22(25(36)32(21)12-7-10(26)6-11(27)8-12)33-23(34)15-16(24(33)35)18(29)20(31)19(30)17(15)28/h3-8,21-22H,1-2H3. The molecule has 0 bridgehead atoms. The SMILES string of the molecule is COc1ccc(C2C(N3C(=O)c4c(Cl)c(Cl)c(Cl)c(Cl)c4C3=O)C(=O)N2c2cc(Cl)cc(Cl)c2)cc1OC. The molecule has 0 aliphatic carbocycles. The van der Waals surface area contributed by atoms with Gasteiger partial charge in [0.25, 0.3) is 17.7 Å². The molecule has 1 fully saturated rings. The number of fused-ring (bicyclic) bond motifs is 1. The van der Waals surface area contributed by atoms with Gasteiger partial charge in [-0.15, -0.1) is 0 Å². The average molecular weight is 635 g/mol. The number of methoxy groups -OCH3 is 2. The quantitative estimate of drug-likeness (QED) is 0.127. The second kappa shape index (κ2) is 9.97. The van der Waals surface area contributed by atoms with Gasteiger partial charge in [-0.1, -0.05) is 75.7 Å². The molecule has 2 aliphatic rings. The summed E-state index contributed by atoms with van der Waals surface area (Å²) in [5, 5.41) is -0.232. The van der Waals surface area contributed by atoms with E-state index in [1.165, 1.54) is 25.2 Å². The number of hydrogen-bond acceptors (Lipinski definition) is 5. The highest BCUT2D eigenvalue weighted by atomic mass is 35.5. The molecule has 0 N–H and O–H groups in total. The van der Waals surface area contributed by atoms with Crippen molar-refractivity contribution >= 4 is 93.0 Å². The van der Waals surface area contributed by atoms with Crippen molar-refractivity contribution in [3.05, 3.63) is 83.2 Å². The van der Waals surface area contributed by atoms with Gasteiger partial charge in [-0.25, -0.2) is 0 Å². The van der Waals surface area contributed by atoms with Gasteiger partial charge in [-0.2, -0.15) is 0 Å². The zero-order valence-electron chi connectivity index (χ0n) is 19.3. The minimum Gasteiger partial charge on any atom is -0.493 e. The van der Waals surface area contributed by atoms with E-state index >= 15 is 0 Å². The zero-order valence-corrected chi connectivity index (χ0v) is 23.9. The molecule has 0 saturated carbocycles. The Balaban J connectivity index is 1.67. The molecular formula is C25H14Cl6N2O5. The van der Waals surface area contributed by atoms with E-state index < -0.39 is 29.8 Å². The molecule has 3 amide bonds. The van der Waals surface area contributed by atoms with E-state index in [4.69, 9.17) is 79.1 Å². The maximum atomic E-state index is 13.7. The number of halogens is 6. The van der Waals surface area contributed by atoms with Crippen LogP contribution in [-0.2, 0) is 4.79 Å². The van der Waals surface area contributed by atoms with Gasteiger partial charge in [0.05, 0.1) is 51.5 Å².